The van der Waals surface area contributed by atoms with Crippen molar-refractivity contribution in [3.8, 4) is 6.07 Å². The summed E-state index contributed by atoms with van der Waals surface area (Å²) in [4.78, 5) is 12.6. The predicted molar refractivity (Wildman–Crippen MR) is 71.8 cm³/mol. The smallest absolute Gasteiger partial charge is 0.196 e. The lowest BCUT2D eigenvalue weighted by molar-refractivity contribution is 0.103. The van der Waals surface area contributed by atoms with E-state index >= 15 is 0 Å². The number of carbonyl (C=O) groups excluding carboxylic acids is 1. The molecule has 0 saturated heterocycles. The molecule has 0 bridgehead atoms. The standard InChI is InChI=1S/C15H13N3O/c16-9-12-14(17)13(11-7-4-8-18(11)12)15(19)10-5-2-1-3-6-10/h1-3,5-6H,4,7-8,17H2. The molecule has 4 heteroatoms. The number of benzene rings is 1. The molecule has 1 aromatic heterocycles. The lowest BCUT2D eigenvalue weighted by atomic mass is 10.0. The average Bonchev–Trinajstić information content (AvgIpc) is 2.98. The molecule has 1 aromatic carbocycles. The normalized spacial score (nSPS) is 13.0. The highest BCUT2D eigenvalue weighted by molar-refractivity contribution is 6.13. The summed E-state index contributed by atoms with van der Waals surface area (Å²) in [6.07, 6.45) is 1.76. The molecule has 2 heterocycles. The van der Waals surface area contributed by atoms with Crippen LogP contribution in [0.5, 0.6) is 0 Å². The number of fused-ring (bicyclic) bond motifs is 1. The first-order valence-electron chi connectivity index (χ1n) is 6.24. The van der Waals surface area contributed by atoms with Gasteiger partial charge in [-0.15, -0.1) is 0 Å². The summed E-state index contributed by atoms with van der Waals surface area (Å²) >= 11 is 0. The number of hydrogen-bond acceptors (Lipinski definition) is 3. The Morgan fingerprint density at radius 2 is 2.05 bits per heavy atom. The van der Waals surface area contributed by atoms with Crippen molar-refractivity contribution in [2.24, 2.45) is 0 Å². The second-order valence-electron chi connectivity index (χ2n) is 4.65. The molecule has 0 radical (unpaired) electrons. The van der Waals surface area contributed by atoms with Gasteiger partial charge < -0.3 is 10.3 Å². The number of nitrogen functional groups attached to an aromatic ring is 1. The van der Waals surface area contributed by atoms with Gasteiger partial charge in [0.1, 0.15) is 11.8 Å². The minimum atomic E-state index is -0.0924. The van der Waals surface area contributed by atoms with Gasteiger partial charge >= 0.3 is 0 Å². The maximum Gasteiger partial charge on any atom is 0.196 e. The molecule has 0 atom stereocenters. The molecule has 2 N–H and O–H groups in total. The van der Waals surface area contributed by atoms with E-state index in [2.05, 4.69) is 6.07 Å². The topological polar surface area (TPSA) is 71.8 Å². The summed E-state index contributed by atoms with van der Waals surface area (Å²) in [5.74, 6) is -0.0924. The first-order valence-corrected chi connectivity index (χ1v) is 6.24. The van der Waals surface area contributed by atoms with Crippen molar-refractivity contribution in [1.82, 2.24) is 4.57 Å². The summed E-state index contributed by atoms with van der Waals surface area (Å²) in [6, 6.07) is 11.2. The van der Waals surface area contributed by atoms with E-state index < -0.39 is 0 Å². The zero-order valence-corrected chi connectivity index (χ0v) is 10.4. The zero-order chi connectivity index (χ0) is 13.4. The van der Waals surface area contributed by atoms with Crippen LogP contribution in [0.25, 0.3) is 0 Å². The van der Waals surface area contributed by atoms with Gasteiger partial charge in [-0.05, 0) is 12.8 Å². The largest absolute Gasteiger partial charge is 0.396 e. The van der Waals surface area contributed by atoms with E-state index in [4.69, 9.17) is 5.73 Å². The summed E-state index contributed by atoms with van der Waals surface area (Å²) in [7, 11) is 0. The predicted octanol–water partition coefficient (Wildman–Crippen LogP) is 2.12. The Bertz CT molecular complexity index is 692. The van der Waals surface area contributed by atoms with Crippen LogP contribution in [0.1, 0.15) is 33.7 Å². The molecule has 0 spiro atoms. The highest BCUT2D eigenvalue weighted by Crippen LogP contribution is 2.32. The van der Waals surface area contributed by atoms with Crippen LogP contribution in [-0.2, 0) is 13.0 Å². The maximum absolute atomic E-state index is 12.6. The second-order valence-corrected chi connectivity index (χ2v) is 4.65. The van der Waals surface area contributed by atoms with Crippen LogP contribution in [0.4, 0.5) is 5.69 Å². The third-order valence-corrected chi connectivity index (χ3v) is 3.57. The molecule has 3 rings (SSSR count). The Balaban J connectivity index is 2.17. The number of nitrogens with zero attached hydrogens (tertiary/aromatic N) is 2. The third-order valence-electron chi connectivity index (χ3n) is 3.57. The van der Waals surface area contributed by atoms with E-state index in [0.717, 1.165) is 25.1 Å². The SMILES string of the molecule is N#Cc1c(N)c(C(=O)c2ccccc2)c2n1CCC2. The molecular weight excluding hydrogens is 238 g/mol. The quantitative estimate of drug-likeness (QED) is 0.831. The van der Waals surface area contributed by atoms with Crippen LogP contribution >= 0.6 is 0 Å². The average molecular weight is 251 g/mol. The zero-order valence-electron chi connectivity index (χ0n) is 10.4. The lowest BCUT2D eigenvalue weighted by Gasteiger charge is -2.02. The molecule has 1 aliphatic rings. The van der Waals surface area contributed by atoms with Crippen molar-refractivity contribution in [3.05, 3.63) is 52.8 Å². The van der Waals surface area contributed by atoms with Gasteiger partial charge in [-0.1, -0.05) is 30.3 Å². The van der Waals surface area contributed by atoms with Gasteiger partial charge in [-0.3, -0.25) is 4.79 Å². The fraction of sp³-hybridized carbons (Fsp3) is 0.200. The van der Waals surface area contributed by atoms with E-state index in [9.17, 15) is 10.1 Å². The van der Waals surface area contributed by atoms with Gasteiger partial charge in [-0.2, -0.15) is 5.26 Å². The van der Waals surface area contributed by atoms with Gasteiger partial charge in [0.25, 0.3) is 0 Å². The van der Waals surface area contributed by atoms with Crippen LogP contribution < -0.4 is 5.73 Å². The monoisotopic (exact) mass is 251 g/mol. The van der Waals surface area contributed by atoms with E-state index in [0.29, 0.717) is 22.5 Å². The van der Waals surface area contributed by atoms with Crippen LogP contribution in [0.2, 0.25) is 0 Å². The number of hydrogen-bond donors (Lipinski definition) is 1. The van der Waals surface area contributed by atoms with Crippen molar-refractivity contribution in [3.63, 3.8) is 0 Å². The summed E-state index contributed by atoms with van der Waals surface area (Å²) in [5.41, 5.74) is 8.78. The molecule has 2 aromatic rings. The number of nitriles is 1. The van der Waals surface area contributed by atoms with Gasteiger partial charge in [0.15, 0.2) is 5.78 Å². The Hall–Kier alpha value is -2.54. The number of aromatic nitrogens is 1. The summed E-state index contributed by atoms with van der Waals surface area (Å²) in [6.45, 7) is 0.768. The Labute approximate surface area is 111 Å². The number of nitrogens with two attached hydrogens (primary N) is 1. The molecule has 0 aliphatic carbocycles. The first-order chi connectivity index (χ1) is 9.24. The van der Waals surface area contributed by atoms with E-state index in [-0.39, 0.29) is 5.78 Å². The number of anilines is 1. The van der Waals surface area contributed by atoms with Crippen LogP contribution in [0.3, 0.4) is 0 Å². The summed E-state index contributed by atoms with van der Waals surface area (Å²) < 4.78 is 1.88. The van der Waals surface area contributed by atoms with Gasteiger partial charge in [-0.25, -0.2) is 0 Å². The molecule has 0 saturated carbocycles. The molecule has 0 amide bonds. The highest BCUT2D eigenvalue weighted by atomic mass is 16.1. The maximum atomic E-state index is 12.6. The Morgan fingerprint density at radius 3 is 2.74 bits per heavy atom. The number of carbonyl (C=O) groups is 1. The molecule has 94 valence electrons. The Kier molecular flexibility index (Phi) is 2.60. The minimum Gasteiger partial charge on any atom is -0.396 e. The molecular formula is C15H13N3O. The van der Waals surface area contributed by atoms with E-state index in [1.807, 2.05) is 22.8 Å². The fourth-order valence-electron chi connectivity index (χ4n) is 2.71. The van der Waals surface area contributed by atoms with Gasteiger partial charge in [0.05, 0.1) is 11.3 Å². The van der Waals surface area contributed by atoms with Crippen LogP contribution in [0.15, 0.2) is 30.3 Å². The van der Waals surface area contributed by atoms with Crippen molar-refractivity contribution in [1.29, 1.82) is 5.26 Å². The number of rotatable bonds is 2. The minimum absolute atomic E-state index is 0.0924. The fourth-order valence-corrected chi connectivity index (χ4v) is 2.71. The van der Waals surface area contributed by atoms with Gasteiger partial charge in [0.2, 0.25) is 0 Å². The molecule has 1 aliphatic heterocycles. The van der Waals surface area contributed by atoms with E-state index in [1.54, 1.807) is 12.1 Å². The highest BCUT2D eigenvalue weighted by Gasteiger charge is 2.28. The van der Waals surface area contributed by atoms with E-state index in [1.165, 1.54) is 0 Å². The third kappa shape index (κ3) is 1.63. The lowest BCUT2D eigenvalue weighted by Crippen LogP contribution is -2.06. The first kappa shape index (κ1) is 11.5. The van der Waals surface area contributed by atoms with Crippen molar-refractivity contribution in [2.75, 3.05) is 5.73 Å². The molecule has 0 unspecified atom stereocenters. The van der Waals surface area contributed by atoms with Crippen LogP contribution in [0, 0.1) is 11.3 Å². The summed E-state index contributed by atoms with van der Waals surface area (Å²) in [5, 5.41) is 9.19. The van der Waals surface area contributed by atoms with Crippen molar-refractivity contribution < 1.29 is 4.79 Å². The second kappa shape index (κ2) is 4.29. The molecule has 19 heavy (non-hydrogen) atoms. The van der Waals surface area contributed by atoms with Crippen molar-refractivity contribution >= 4 is 11.5 Å². The number of ketones is 1. The Morgan fingerprint density at radius 1 is 1.32 bits per heavy atom. The molecule has 4 nitrogen and oxygen atoms in total. The van der Waals surface area contributed by atoms with Gasteiger partial charge in [0, 0.05) is 17.8 Å². The molecule has 0 fully saturated rings. The van der Waals surface area contributed by atoms with Crippen molar-refractivity contribution in [2.45, 2.75) is 19.4 Å². The van der Waals surface area contributed by atoms with Crippen LogP contribution in [-0.4, -0.2) is 10.4 Å².